The second-order valence-electron chi connectivity index (χ2n) is 4.60. The van der Waals surface area contributed by atoms with Crippen molar-refractivity contribution in [2.24, 2.45) is 0 Å². The Morgan fingerprint density at radius 1 is 1.52 bits per heavy atom. The Balaban J connectivity index is 2.12. The molecule has 2 N–H and O–H groups in total. The molecule has 116 valence electrons. The van der Waals surface area contributed by atoms with Gasteiger partial charge in [0.1, 0.15) is 6.61 Å². The second kappa shape index (κ2) is 7.38. The molecule has 2 rings (SSSR count). The summed E-state index contributed by atoms with van der Waals surface area (Å²) in [7, 11) is 1.56. The number of methoxy groups -OCH3 is 1. The van der Waals surface area contributed by atoms with E-state index in [0.29, 0.717) is 29.6 Å². The minimum absolute atomic E-state index is 0.260. The maximum atomic E-state index is 11.0. The second-order valence-corrected chi connectivity index (χ2v) is 5.03. The molecule has 0 saturated carbocycles. The Labute approximate surface area is 128 Å². The number of nitrogens with one attached hydrogen (secondary N) is 2. The van der Waals surface area contributed by atoms with E-state index in [2.05, 4.69) is 10.6 Å². The molecule has 21 heavy (non-hydrogen) atoms. The summed E-state index contributed by atoms with van der Waals surface area (Å²) in [6.45, 7) is 4.17. The van der Waals surface area contributed by atoms with Crippen LogP contribution in [0.25, 0.3) is 0 Å². The van der Waals surface area contributed by atoms with E-state index in [1.807, 2.05) is 13.0 Å². The summed E-state index contributed by atoms with van der Waals surface area (Å²) < 4.78 is 16.2. The van der Waals surface area contributed by atoms with E-state index in [0.717, 1.165) is 12.1 Å². The maximum Gasteiger partial charge on any atom is 0.407 e. The number of rotatable bonds is 7. The fourth-order valence-corrected chi connectivity index (χ4v) is 2.26. The van der Waals surface area contributed by atoms with Gasteiger partial charge in [-0.1, -0.05) is 18.5 Å². The third-order valence-electron chi connectivity index (χ3n) is 3.04. The summed E-state index contributed by atoms with van der Waals surface area (Å²) in [5.41, 5.74) is 0.901. The quantitative estimate of drug-likeness (QED) is 0.805. The highest BCUT2D eigenvalue weighted by Crippen LogP contribution is 2.35. The Hall–Kier alpha value is -1.66. The van der Waals surface area contributed by atoms with Gasteiger partial charge in [0.25, 0.3) is 0 Å². The normalized spacial score (nSPS) is 17.3. The average Bonchev–Trinajstić information content (AvgIpc) is 2.88. The van der Waals surface area contributed by atoms with E-state index in [9.17, 15) is 4.79 Å². The lowest BCUT2D eigenvalue weighted by atomic mass is 10.1. The molecule has 1 aromatic carbocycles. The predicted octanol–water partition coefficient (Wildman–Crippen LogP) is 1.95. The molecule has 0 spiro atoms. The van der Waals surface area contributed by atoms with E-state index in [1.165, 1.54) is 0 Å². The summed E-state index contributed by atoms with van der Waals surface area (Å²) >= 11 is 6.08. The molecule has 1 unspecified atom stereocenters. The summed E-state index contributed by atoms with van der Waals surface area (Å²) in [5, 5.41) is 6.40. The highest BCUT2D eigenvalue weighted by molar-refractivity contribution is 6.30. The van der Waals surface area contributed by atoms with Gasteiger partial charge in [-0.15, -0.1) is 0 Å². The molecule has 1 atom stereocenters. The number of ether oxygens (including phenoxy) is 3. The largest absolute Gasteiger partial charge is 0.493 e. The molecule has 0 radical (unpaired) electrons. The van der Waals surface area contributed by atoms with Crippen LogP contribution in [-0.2, 0) is 11.3 Å². The van der Waals surface area contributed by atoms with Gasteiger partial charge in [-0.05, 0) is 12.6 Å². The van der Waals surface area contributed by atoms with Crippen LogP contribution in [0.2, 0.25) is 5.02 Å². The van der Waals surface area contributed by atoms with Crippen LogP contribution in [-0.4, -0.2) is 39.0 Å². The van der Waals surface area contributed by atoms with Gasteiger partial charge in [0.05, 0.1) is 13.7 Å². The number of carbonyl (C=O) groups excluding carboxylic acids is 1. The Kier molecular flexibility index (Phi) is 5.52. The molecule has 1 heterocycles. The fourth-order valence-electron chi connectivity index (χ4n) is 2.03. The number of benzene rings is 1. The van der Waals surface area contributed by atoms with E-state index >= 15 is 0 Å². The van der Waals surface area contributed by atoms with Crippen molar-refractivity contribution in [1.29, 1.82) is 0 Å². The standard InChI is InChI=1S/C14H19ClN2O4/c1-3-16-6-9-4-10(15)5-12(19-2)13(9)20-8-11-7-17-14(18)21-11/h4-5,11,16H,3,6-8H2,1-2H3,(H,17,18). The van der Waals surface area contributed by atoms with Crippen molar-refractivity contribution in [2.75, 3.05) is 26.8 Å². The Morgan fingerprint density at radius 2 is 2.33 bits per heavy atom. The van der Waals surface area contributed by atoms with Gasteiger partial charge < -0.3 is 24.8 Å². The lowest BCUT2D eigenvalue weighted by Crippen LogP contribution is -2.23. The SMILES string of the molecule is CCNCc1cc(Cl)cc(OC)c1OCC1CNC(=O)O1. The summed E-state index contributed by atoms with van der Waals surface area (Å²) in [6, 6.07) is 3.53. The maximum absolute atomic E-state index is 11.0. The van der Waals surface area contributed by atoms with Crippen molar-refractivity contribution < 1.29 is 19.0 Å². The number of hydrogen-bond acceptors (Lipinski definition) is 5. The van der Waals surface area contributed by atoms with Crippen molar-refractivity contribution in [1.82, 2.24) is 10.6 Å². The fraction of sp³-hybridized carbons (Fsp3) is 0.500. The van der Waals surface area contributed by atoms with Crippen molar-refractivity contribution in [3.63, 3.8) is 0 Å². The van der Waals surface area contributed by atoms with Crippen LogP contribution >= 0.6 is 11.6 Å². The van der Waals surface area contributed by atoms with E-state index < -0.39 is 6.09 Å². The number of alkyl carbamates (subject to hydrolysis) is 1. The zero-order chi connectivity index (χ0) is 15.2. The number of cyclic esters (lactones) is 1. The van der Waals surface area contributed by atoms with Crippen LogP contribution in [0.15, 0.2) is 12.1 Å². The topological polar surface area (TPSA) is 68.8 Å². The first-order valence-corrected chi connectivity index (χ1v) is 7.16. The van der Waals surface area contributed by atoms with Crippen LogP contribution in [0.4, 0.5) is 4.79 Å². The molecule has 6 nitrogen and oxygen atoms in total. The molecule has 1 saturated heterocycles. The molecule has 1 fully saturated rings. The van der Waals surface area contributed by atoms with Crippen LogP contribution in [0, 0.1) is 0 Å². The van der Waals surface area contributed by atoms with Gasteiger partial charge in [0.15, 0.2) is 17.6 Å². The molecule has 1 aliphatic rings. The summed E-state index contributed by atoms with van der Waals surface area (Å²) in [5.74, 6) is 1.18. The minimum Gasteiger partial charge on any atom is -0.493 e. The highest BCUT2D eigenvalue weighted by Gasteiger charge is 2.24. The molecule has 1 aromatic rings. The van der Waals surface area contributed by atoms with Gasteiger partial charge in [-0.2, -0.15) is 0 Å². The third kappa shape index (κ3) is 4.15. The zero-order valence-corrected chi connectivity index (χ0v) is 12.8. The minimum atomic E-state index is -0.417. The summed E-state index contributed by atoms with van der Waals surface area (Å²) in [4.78, 5) is 11.0. The van der Waals surface area contributed by atoms with Crippen LogP contribution in [0.3, 0.4) is 0 Å². The average molecular weight is 315 g/mol. The number of carbonyl (C=O) groups is 1. The lowest BCUT2D eigenvalue weighted by Gasteiger charge is -2.17. The van der Waals surface area contributed by atoms with Gasteiger partial charge in [-0.3, -0.25) is 0 Å². The molecule has 0 bridgehead atoms. The molecule has 0 aliphatic carbocycles. The van der Waals surface area contributed by atoms with Crippen molar-refractivity contribution in [3.8, 4) is 11.5 Å². The van der Waals surface area contributed by atoms with Crippen LogP contribution in [0.1, 0.15) is 12.5 Å². The van der Waals surface area contributed by atoms with Crippen molar-refractivity contribution in [3.05, 3.63) is 22.7 Å². The third-order valence-corrected chi connectivity index (χ3v) is 3.26. The first-order chi connectivity index (χ1) is 10.1. The number of halogens is 1. The molecular formula is C14H19ClN2O4. The van der Waals surface area contributed by atoms with E-state index in [4.69, 9.17) is 25.8 Å². The molecule has 1 amide bonds. The van der Waals surface area contributed by atoms with E-state index in [-0.39, 0.29) is 12.7 Å². The Bertz CT molecular complexity index is 510. The van der Waals surface area contributed by atoms with Gasteiger partial charge in [0.2, 0.25) is 0 Å². The first kappa shape index (κ1) is 15.7. The Morgan fingerprint density at radius 3 is 2.95 bits per heavy atom. The van der Waals surface area contributed by atoms with Gasteiger partial charge in [0, 0.05) is 23.2 Å². The van der Waals surface area contributed by atoms with Crippen LogP contribution < -0.4 is 20.1 Å². The predicted molar refractivity (Wildman–Crippen MR) is 79.2 cm³/mol. The molecular weight excluding hydrogens is 296 g/mol. The van der Waals surface area contributed by atoms with Crippen LogP contribution in [0.5, 0.6) is 11.5 Å². The number of amides is 1. The van der Waals surface area contributed by atoms with Gasteiger partial charge in [-0.25, -0.2) is 4.79 Å². The smallest absolute Gasteiger partial charge is 0.407 e. The highest BCUT2D eigenvalue weighted by atomic mass is 35.5. The van der Waals surface area contributed by atoms with E-state index in [1.54, 1.807) is 13.2 Å². The van der Waals surface area contributed by atoms with Crippen molar-refractivity contribution >= 4 is 17.7 Å². The number of hydrogen-bond donors (Lipinski definition) is 2. The first-order valence-electron chi connectivity index (χ1n) is 6.78. The molecule has 0 aromatic heterocycles. The van der Waals surface area contributed by atoms with Crippen molar-refractivity contribution in [2.45, 2.75) is 19.6 Å². The summed E-state index contributed by atoms with van der Waals surface area (Å²) in [6.07, 6.45) is -0.718. The zero-order valence-electron chi connectivity index (χ0n) is 12.1. The molecule has 1 aliphatic heterocycles. The van der Waals surface area contributed by atoms with Gasteiger partial charge >= 0.3 is 6.09 Å². The molecule has 7 heteroatoms. The monoisotopic (exact) mass is 314 g/mol. The lowest BCUT2D eigenvalue weighted by molar-refractivity contribution is 0.103.